The topological polar surface area (TPSA) is 130 Å². The van der Waals surface area contributed by atoms with Crippen LogP contribution in [0.1, 0.15) is 5.56 Å². The molecule has 0 saturated heterocycles. The molecule has 100 valence electrons. The van der Waals surface area contributed by atoms with E-state index in [1.165, 1.54) is 24.3 Å². The summed E-state index contributed by atoms with van der Waals surface area (Å²) in [5.74, 6) is -1.11. The number of aliphatic carboxylic acids is 1. The van der Waals surface area contributed by atoms with Gasteiger partial charge in [0, 0.05) is 0 Å². The van der Waals surface area contributed by atoms with Gasteiger partial charge in [0.25, 0.3) is 0 Å². The molecule has 1 aromatic carbocycles. The standard InChI is InChI=1S/C9H12NO6P.Pb.2H/c10-8(9(11)12)5-6-1-3-7(4-2-6)16-17(13,14)15;;;/h1-4,8H,5,10H2,(H,11,12)(H2,13,14,15);;;. The van der Waals surface area contributed by atoms with Gasteiger partial charge in [-0.1, -0.05) is 12.1 Å². The fraction of sp³-hybridized carbons (Fsp3) is 0.222. The van der Waals surface area contributed by atoms with Crippen LogP contribution in [-0.2, 0) is 15.8 Å². The van der Waals surface area contributed by atoms with Crippen LogP contribution in [0.4, 0.5) is 0 Å². The number of phosphoric ester groups is 1. The molecule has 5 N–H and O–H groups in total. The maximum absolute atomic E-state index is 10.5. The number of carboxylic acid groups (broad SMARTS) is 1. The summed E-state index contributed by atoms with van der Waals surface area (Å²) in [6, 6.07) is 4.65. The van der Waals surface area contributed by atoms with Crippen molar-refractivity contribution in [1.29, 1.82) is 0 Å². The van der Waals surface area contributed by atoms with Crippen molar-refractivity contribution in [2.24, 2.45) is 5.73 Å². The summed E-state index contributed by atoms with van der Waals surface area (Å²) in [5.41, 5.74) is 5.97. The molecule has 7 nitrogen and oxygen atoms in total. The van der Waals surface area contributed by atoms with Gasteiger partial charge in [0.2, 0.25) is 0 Å². The van der Waals surface area contributed by atoms with Crippen molar-refractivity contribution >= 4 is 41.1 Å². The van der Waals surface area contributed by atoms with Crippen LogP contribution in [0.15, 0.2) is 24.3 Å². The SMILES string of the molecule is NC(Cc1ccc(OP(=O)(O)O)cc1)C(=O)O.[PbH2]. The summed E-state index contributed by atoms with van der Waals surface area (Å²) < 4.78 is 14.9. The molecule has 0 aromatic heterocycles. The van der Waals surface area contributed by atoms with Crippen molar-refractivity contribution in [3.05, 3.63) is 29.8 Å². The van der Waals surface area contributed by atoms with Gasteiger partial charge < -0.3 is 15.4 Å². The van der Waals surface area contributed by atoms with E-state index in [4.69, 9.17) is 20.6 Å². The number of hydrogen-bond donors (Lipinski definition) is 4. The first kappa shape index (κ1) is 17.5. The Morgan fingerprint density at radius 3 is 2.22 bits per heavy atom. The first-order chi connectivity index (χ1) is 7.78. The molecular weight excluding hydrogens is 456 g/mol. The average Bonchev–Trinajstić information content (AvgIpc) is 2.18. The van der Waals surface area contributed by atoms with Gasteiger partial charge in [-0.2, -0.15) is 0 Å². The molecule has 9 heteroatoms. The normalized spacial score (nSPS) is 12.4. The van der Waals surface area contributed by atoms with Crippen LogP contribution in [-0.4, -0.2) is 54.2 Å². The Kier molecular flexibility index (Phi) is 7.00. The molecule has 0 spiro atoms. The number of hydrogen-bond acceptors (Lipinski definition) is 4. The summed E-state index contributed by atoms with van der Waals surface area (Å²) >= 11 is 0. The third-order valence-corrected chi connectivity index (χ3v) is 2.37. The number of rotatable bonds is 5. The van der Waals surface area contributed by atoms with Gasteiger partial charge in [-0.15, -0.1) is 0 Å². The Hall–Kier alpha value is -0.478. The zero-order valence-corrected chi connectivity index (χ0v) is 15.8. The number of carboxylic acids is 1. The summed E-state index contributed by atoms with van der Waals surface area (Å²) in [6.07, 6.45) is 0.130. The number of nitrogens with two attached hydrogens (primary N) is 1. The fourth-order valence-electron chi connectivity index (χ4n) is 1.16. The molecule has 0 amide bonds. The van der Waals surface area contributed by atoms with Gasteiger partial charge >= 0.3 is 41.1 Å². The third kappa shape index (κ3) is 6.45. The predicted molar refractivity (Wildman–Crippen MR) is 67.0 cm³/mol. The number of carbonyl (C=O) groups is 1. The number of phosphoric acid groups is 1. The zero-order valence-electron chi connectivity index (χ0n) is 9.39. The maximum atomic E-state index is 10.5. The van der Waals surface area contributed by atoms with Crippen LogP contribution >= 0.6 is 7.82 Å². The van der Waals surface area contributed by atoms with Crippen molar-refractivity contribution in [2.45, 2.75) is 12.5 Å². The van der Waals surface area contributed by atoms with E-state index in [2.05, 4.69) is 4.52 Å². The van der Waals surface area contributed by atoms with Gasteiger partial charge in [-0.25, -0.2) is 4.57 Å². The van der Waals surface area contributed by atoms with Gasteiger partial charge in [0.05, 0.1) is 0 Å². The van der Waals surface area contributed by atoms with Crippen LogP contribution in [0.25, 0.3) is 0 Å². The van der Waals surface area contributed by atoms with Crippen LogP contribution in [0, 0.1) is 0 Å². The van der Waals surface area contributed by atoms with Crippen molar-refractivity contribution in [3.8, 4) is 5.75 Å². The van der Waals surface area contributed by atoms with E-state index in [0.29, 0.717) is 5.56 Å². The van der Waals surface area contributed by atoms with Crippen LogP contribution < -0.4 is 10.3 Å². The molecule has 0 aliphatic carbocycles. The Morgan fingerprint density at radius 2 is 1.83 bits per heavy atom. The Balaban J connectivity index is 0.00000289. The summed E-state index contributed by atoms with van der Waals surface area (Å²) in [5, 5.41) is 8.60. The molecule has 18 heavy (non-hydrogen) atoms. The van der Waals surface area contributed by atoms with Crippen molar-refractivity contribution in [3.63, 3.8) is 0 Å². The Bertz CT molecular complexity index is 445. The second kappa shape index (κ2) is 7.19. The Labute approximate surface area is 123 Å². The van der Waals surface area contributed by atoms with Crippen molar-refractivity contribution < 1.29 is 28.8 Å². The first-order valence-corrected chi connectivity index (χ1v) is 6.13. The van der Waals surface area contributed by atoms with E-state index in [1.54, 1.807) is 0 Å². The minimum atomic E-state index is -4.56. The molecule has 0 saturated carbocycles. The third-order valence-electron chi connectivity index (χ3n) is 1.92. The van der Waals surface area contributed by atoms with Gasteiger partial charge in [-0.05, 0) is 24.1 Å². The van der Waals surface area contributed by atoms with Crippen molar-refractivity contribution in [1.82, 2.24) is 0 Å². The Morgan fingerprint density at radius 1 is 1.33 bits per heavy atom. The van der Waals surface area contributed by atoms with E-state index in [0.717, 1.165) is 0 Å². The zero-order chi connectivity index (χ0) is 13.1. The first-order valence-electron chi connectivity index (χ1n) is 4.60. The monoisotopic (exact) mass is 471 g/mol. The fourth-order valence-corrected chi connectivity index (χ4v) is 1.56. The number of benzene rings is 1. The van der Waals surface area contributed by atoms with Crippen molar-refractivity contribution in [2.75, 3.05) is 0 Å². The molecule has 1 rings (SSSR count). The van der Waals surface area contributed by atoms with E-state index >= 15 is 0 Å². The molecule has 1 atom stereocenters. The van der Waals surface area contributed by atoms with E-state index < -0.39 is 19.8 Å². The van der Waals surface area contributed by atoms with Crippen LogP contribution in [0.3, 0.4) is 0 Å². The van der Waals surface area contributed by atoms with E-state index in [9.17, 15) is 9.36 Å². The van der Waals surface area contributed by atoms with Crippen LogP contribution in [0.2, 0.25) is 0 Å². The summed E-state index contributed by atoms with van der Waals surface area (Å²) in [4.78, 5) is 27.6. The van der Waals surface area contributed by atoms with E-state index in [-0.39, 0.29) is 39.5 Å². The quantitative estimate of drug-likeness (QED) is 0.327. The molecular formula is C9H14NO6PPb. The second-order valence-corrected chi connectivity index (χ2v) is 4.54. The second-order valence-electron chi connectivity index (χ2n) is 3.37. The molecule has 1 unspecified atom stereocenters. The molecule has 2 radical (unpaired) electrons. The molecule has 0 fully saturated rings. The van der Waals surface area contributed by atoms with Crippen LogP contribution in [0.5, 0.6) is 5.75 Å². The summed E-state index contributed by atoms with van der Waals surface area (Å²) in [7, 11) is -4.56. The predicted octanol–water partition coefficient (Wildman–Crippen LogP) is -0.804. The van der Waals surface area contributed by atoms with Gasteiger partial charge in [0.15, 0.2) is 0 Å². The minimum absolute atomic E-state index is 0. The molecule has 0 aliphatic heterocycles. The average molecular weight is 470 g/mol. The molecule has 1 aromatic rings. The summed E-state index contributed by atoms with van der Waals surface area (Å²) in [6.45, 7) is 0. The molecule has 0 aliphatic rings. The van der Waals surface area contributed by atoms with Gasteiger partial charge in [-0.3, -0.25) is 14.6 Å². The van der Waals surface area contributed by atoms with Gasteiger partial charge in [0.1, 0.15) is 11.8 Å². The molecule has 0 bridgehead atoms. The molecule has 0 heterocycles. The van der Waals surface area contributed by atoms with E-state index in [1.807, 2.05) is 0 Å².